The molecule has 570 valence electrons. The van der Waals surface area contributed by atoms with E-state index < -0.39 is 97.5 Å². The summed E-state index contributed by atoms with van der Waals surface area (Å²) in [4.78, 5) is 72.8. The van der Waals surface area contributed by atoms with Gasteiger partial charge in [0.25, 0.3) is 0 Å². The van der Waals surface area contributed by atoms with Crippen LogP contribution in [0, 0.1) is 11.8 Å². The molecule has 0 amide bonds. The van der Waals surface area contributed by atoms with Gasteiger partial charge in [-0.15, -0.1) is 0 Å². The lowest BCUT2D eigenvalue weighted by Crippen LogP contribution is -2.30. The maximum absolute atomic E-state index is 13.1. The molecule has 19 heteroatoms. The average Bonchev–Trinajstić information content (AvgIpc) is 1.24. The Morgan fingerprint density at radius 2 is 0.531 bits per heavy atom. The molecular weight excluding hydrogens is 1260 g/mol. The van der Waals surface area contributed by atoms with E-state index in [9.17, 15) is 43.2 Å². The predicted octanol–water partition coefficient (Wildman–Crippen LogP) is 22.7. The van der Waals surface area contributed by atoms with Gasteiger partial charge in [-0.1, -0.05) is 350 Å². The molecule has 0 aliphatic rings. The monoisotopic (exact) mass is 1410 g/mol. The van der Waals surface area contributed by atoms with E-state index >= 15 is 0 Å². The van der Waals surface area contributed by atoms with Gasteiger partial charge in [-0.3, -0.25) is 37.3 Å². The number of aliphatic hydroxyl groups excluding tert-OH is 1. The second-order valence-electron chi connectivity index (χ2n) is 28.5. The first-order chi connectivity index (χ1) is 46.4. The maximum atomic E-state index is 13.1. The molecule has 0 aromatic carbocycles. The first kappa shape index (κ1) is 94.1. The molecule has 0 rings (SSSR count). The van der Waals surface area contributed by atoms with Crippen molar-refractivity contribution in [1.29, 1.82) is 0 Å². The number of rotatable bonds is 76. The van der Waals surface area contributed by atoms with Crippen molar-refractivity contribution in [3.8, 4) is 0 Å². The minimum Gasteiger partial charge on any atom is -0.462 e. The second-order valence-corrected chi connectivity index (χ2v) is 31.4. The molecule has 0 heterocycles. The molecule has 0 saturated heterocycles. The van der Waals surface area contributed by atoms with E-state index in [-0.39, 0.29) is 25.7 Å². The topological polar surface area (TPSA) is 237 Å². The van der Waals surface area contributed by atoms with E-state index in [4.69, 9.17) is 37.0 Å². The van der Waals surface area contributed by atoms with Crippen molar-refractivity contribution < 1.29 is 80.2 Å². The Bertz CT molecular complexity index is 1860. The molecular formula is C77H150O17P2. The van der Waals surface area contributed by atoms with Crippen molar-refractivity contribution in [3.05, 3.63) is 0 Å². The number of phosphoric acid groups is 2. The highest BCUT2D eigenvalue weighted by atomic mass is 31.2. The van der Waals surface area contributed by atoms with Crippen molar-refractivity contribution in [3.63, 3.8) is 0 Å². The van der Waals surface area contributed by atoms with Gasteiger partial charge in [0.1, 0.15) is 19.3 Å². The Morgan fingerprint density at radius 3 is 0.792 bits per heavy atom. The first-order valence-corrected chi connectivity index (χ1v) is 43.0. The highest BCUT2D eigenvalue weighted by Crippen LogP contribution is 2.45. The van der Waals surface area contributed by atoms with Gasteiger partial charge in [0.15, 0.2) is 12.2 Å². The molecule has 0 aliphatic heterocycles. The molecule has 0 saturated carbocycles. The van der Waals surface area contributed by atoms with Gasteiger partial charge in [-0.2, -0.15) is 0 Å². The van der Waals surface area contributed by atoms with Crippen LogP contribution in [0.15, 0.2) is 0 Å². The standard InChI is InChI=1S/C77H150O17P2/c1-7-10-12-14-16-18-20-21-22-23-24-28-31-35-42-48-54-60-75(80)88-65-72(93-76(81)61-55-49-43-36-32-29-26-25-27-30-33-40-46-52-58-70(6)9-3)67-91-95(83,84)89-63-71(78)64-90-96(85,86)92-68-73(66-87-74(79)59-53-47-41-34-19-17-15-13-11-8-2)94-77(82)62-56-50-44-38-37-39-45-51-57-69(4)5/h69-73,78H,7-68H2,1-6H3,(H,83,84)(H,85,86)/t70?,71-,72-,73-/m1/s1. The van der Waals surface area contributed by atoms with Crippen LogP contribution >= 0.6 is 15.6 Å². The molecule has 3 unspecified atom stereocenters. The van der Waals surface area contributed by atoms with Gasteiger partial charge in [0, 0.05) is 25.7 Å². The zero-order valence-corrected chi connectivity index (χ0v) is 64.5. The summed E-state index contributed by atoms with van der Waals surface area (Å²) in [6.45, 7) is 9.61. The Labute approximate surface area is 588 Å². The molecule has 0 fully saturated rings. The fourth-order valence-corrected chi connectivity index (χ4v) is 13.4. The highest BCUT2D eigenvalue weighted by Gasteiger charge is 2.30. The molecule has 3 N–H and O–H groups in total. The van der Waals surface area contributed by atoms with Gasteiger partial charge < -0.3 is 33.8 Å². The van der Waals surface area contributed by atoms with Crippen LogP contribution in [0.25, 0.3) is 0 Å². The molecule has 0 aliphatic carbocycles. The SMILES string of the molecule is CCCCCCCCCCCCCCCCCCCC(=O)OC[C@H](COP(=O)(O)OC[C@@H](O)COP(=O)(O)OC[C@@H](COC(=O)CCCCCCCCCCCC)OC(=O)CCCCCCCCCCC(C)C)OC(=O)CCCCCCCCCCCCCCCCC(C)CC. The Morgan fingerprint density at radius 1 is 0.302 bits per heavy atom. The minimum absolute atomic E-state index is 0.105. The number of phosphoric ester groups is 2. The molecule has 0 aromatic heterocycles. The molecule has 17 nitrogen and oxygen atoms in total. The molecule has 96 heavy (non-hydrogen) atoms. The Balaban J connectivity index is 5.23. The third-order valence-corrected chi connectivity index (χ3v) is 20.2. The van der Waals surface area contributed by atoms with Gasteiger partial charge >= 0.3 is 39.5 Å². The normalized spacial score (nSPS) is 14.3. The van der Waals surface area contributed by atoms with Crippen LogP contribution < -0.4 is 0 Å². The fraction of sp³-hybridized carbons (Fsp3) is 0.948. The van der Waals surface area contributed by atoms with Crippen molar-refractivity contribution in [2.75, 3.05) is 39.6 Å². The van der Waals surface area contributed by atoms with Gasteiger partial charge in [-0.05, 0) is 37.5 Å². The summed E-state index contributed by atoms with van der Waals surface area (Å²) in [6.07, 6.45) is 56.8. The van der Waals surface area contributed by atoms with E-state index in [0.717, 1.165) is 102 Å². The lowest BCUT2D eigenvalue weighted by Gasteiger charge is -2.21. The fourth-order valence-electron chi connectivity index (χ4n) is 11.8. The number of ether oxygens (including phenoxy) is 4. The molecule has 0 bridgehead atoms. The predicted molar refractivity (Wildman–Crippen MR) is 391 cm³/mol. The summed E-state index contributed by atoms with van der Waals surface area (Å²) in [5, 5.41) is 10.6. The summed E-state index contributed by atoms with van der Waals surface area (Å²) in [7, 11) is -9.91. The summed E-state index contributed by atoms with van der Waals surface area (Å²) >= 11 is 0. The van der Waals surface area contributed by atoms with E-state index in [2.05, 4.69) is 41.5 Å². The smallest absolute Gasteiger partial charge is 0.462 e. The van der Waals surface area contributed by atoms with Crippen LogP contribution in [0.4, 0.5) is 0 Å². The van der Waals surface area contributed by atoms with Gasteiger partial charge in [0.05, 0.1) is 26.4 Å². The number of hydrogen-bond acceptors (Lipinski definition) is 15. The summed E-state index contributed by atoms with van der Waals surface area (Å²) in [5.74, 6) is -0.551. The number of unbranched alkanes of at least 4 members (excludes halogenated alkanes) is 45. The van der Waals surface area contributed by atoms with Crippen LogP contribution in [0.3, 0.4) is 0 Å². The first-order valence-electron chi connectivity index (χ1n) is 40.0. The lowest BCUT2D eigenvalue weighted by atomic mass is 9.99. The third kappa shape index (κ3) is 69.2. The minimum atomic E-state index is -4.96. The van der Waals surface area contributed by atoms with E-state index in [1.165, 1.54) is 218 Å². The van der Waals surface area contributed by atoms with Crippen molar-refractivity contribution in [2.45, 2.75) is 419 Å². The highest BCUT2D eigenvalue weighted by molar-refractivity contribution is 7.47. The summed E-state index contributed by atoms with van der Waals surface area (Å²) in [6, 6.07) is 0. The number of carbonyl (C=O) groups excluding carboxylic acids is 4. The molecule has 6 atom stereocenters. The molecule has 0 spiro atoms. The largest absolute Gasteiger partial charge is 0.472 e. The van der Waals surface area contributed by atoms with Crippen LogP contribution in [0.5, 0.6) is 0 Å². The lowest BCUT2D eigenvalue weighted by molar-refractivity contribution is -0.161. The Hall–Kier alpha value is -1.94. The zero-order chi connectivity index (χ0) is 70.7. The van der Waals surface area contributed by atoms with Crippen LogP contribution in [0.2, 0.25) is 0 Å². The van der Waals surface area contributed by atoms with Crippen molar-refractivity contribution in [2.24, 2.45) is 11.8 Å². The maximum Gasteiger partial charge on any atom is 0.472 e. The van der Waals surface area contributed by atoms with Crippen molar-refractivity contribution >= 4 is 39.5 Å². The zero-order valence-electron chi connectivity index (χ0n) is 62.7. The number of esters is 4. The van der Waals surface area contributed by atoms with E-state index in [1.807, 2.05) is 0 Å². The number of hydrogen-bond donors (Lipinski definition) is 3. The summed E-state index contributed by atoms with van der Waals surface area (Å²) < 4.78 is 68.5. The van der Waals surface area contributed by atoms with Gasteiger partial charge in [-0.25, -0.2) is 9.13 Å². The van der Waals surface area contributed by atoms with E-state index in [0.29, 0.717) is 25.7 Å². The molecule has 0 aromatic rings. The van der Waals surface area contributed by atoms with Crippen LogP contribution in [-0.4, -0.2) is 96.7 Å². The number of carbonyl (C=O) groups is 4. The van der Waals surface area contributed by atoms with E-state index in [1.54, 1.807) is 0 Å². The Kier molecular flexibility index (Phi) is 67.4. The summed E-state index contributed by atoms with van der Waals surface area (Å²) in [5.41, 5.74) is 0. The van der Waals surface area contributed by atoms with Crippen molar-refractivity contribution in [1.82, 2.24) is 0 Å². The van der Waals surface area contributed by atoms with Gasteiger partial charge in [0.2, 0.25) is 0 Å². The average molecular weight is 1410 g/mol. The second kappa shape index (κ2) is 68.8. The van der Waals surface area contributed by atoms with Crippen LogP contribution in [0.1, 0.15) is 401 Å². The number of aliphatic hydroxyl groups is 1. The molecule has 0 radical (unpaired) electrons. The quantitative estimate of drug-likeness (QED) is 0.0222. The van der Waals surface area contributed by atoms with Crippen LogP contribution in [-0.2, 0) is 65.4 Å². The third-order valence-electron chi connectivity index (χ3n) is 18.3.